The van der Waals surface area contributed by atoms with Crippen LogP contribution in [0.15, 0.2) is 42.5 Å². The average Bonchev–Trinajstić information content (AvgIpc) is 2.55. The molecule has 2 rings (SSSR count). The van der Waals surface area contributed by atoms with E-state index in [1.54, 1.807) is 42.5 Å². The highest BCUT2D eigenvalue weighted by Gasteiger charge is 2.18. The number of methoxy groups -OCH3 is 2. The lowest BCUT2D eigenvalue weighted by molar-refractivity contribution is 0.102. The van der Waals surface area contributed by atoms with Crippen LogP contribution in [0, 0.1) is 0 Å². The van der Waals surface area contributed by atoms with Crippen molar-refractivity contribution in [2.45, 2.75) is 0 Å². The molecule has 120 valence electrons. The van der Waals surface area contributed by atoms with Gasteiger partial charge in [0.2, 0.25) is 0 Å². The van der Waals surface area contributed by atoms with Gasteiger partial charge in [0, 0.05) is 11.4 Å². The first-order valence-electron chi connectivity index (χ1n) is 6.74. The van der Waals surface area contributed by atoms with Crippen LogP contribution in [0.3, 0.4) is 0 Å². The molecule has 0 atom stereocenters. The van der Waals surface area contributed by atoms with E-state index in [4.69, 9.17) is 27.4 Å². The summed E-state index contributed by atoms with van der Waals surface area (Å²) in [6.45, 7) is 0. The second-order valence-corrected chi connectivity index (χ2v) is 5.00. The number of benzene rings is 2. The summed E-state index contributed by atoms with van der Waals surface area (Å²) >= 11 is 4.77. The maximum absolute atomic E-state index is 12.5. The van der Waals surface area contributed by atoms with E-state index in [9.17, 15) is 4.79 Å². The first-order valence-corrected chi connectivity index (χ1v) is 7.15. The van der Waals surface area contributed by atoms with Gasteiger partial charge in [-0.3, -0.25) is 4.79 Å². The van der Waals surface area contributed by atoms with Gasteiger partial charge in [0.1, 0.15) is 17.1 Å². The topological polar surface area (TPSA) is 85.6 Å². The van der Waals surface area contributed by atoms with Crippen LogP contribution >= 0.6 is 12.2 Å². The maximum atomic E-state index is 12.5. The fraction of sp³-hybridized carbons (Fsp3) is 0.125. The van der Waals surface area contributed by atoms with Crippen LogP contribution in [-0.4, -0.2) is 25.2 Å². The molecule has 0 radical (unpaired) electrons. The monoisotopic (exact) mass is 331 g/mol. The third kappa shape index (κ3) is 4.10. The zero-order valence-corrected chi connectivity index (χ0v) is 13.6. The lowest BCUT2D eigenvalue weighted by atomic mass is 10.1. The Labute approximate surface area is 139 Å². The van der Waals surface area contributed by atoms with Gasteiger partial charge in [-0.2, -0.15) is 0 Å². The average molecular weight is 331 g/mol. The summed E-state index contributed by atoms with van der Waals surface area (Å²) in [5.74, 6) is 0.552. The molecule has 1 amide bonds. The summed E-state index contributed by atoms with van der Waals surface area (Å²) in [5.41, 5.74) is 7.10. The second kappa shape index (κ2) is 7.46. The van der Waals surface area contributed by atoms with Gasteiger partial charge < -0.3 is 25.8 Å². The molecule has 23 heavy (non-hydrogen) atoms. The van der Waals surface area contributed by atoms with Crippen LogP contribution in [0.25, 0.3) is 0 Å². The molecular weight excluding hydrogens is 314 g/mol. The van der Waals surface area contributed by atoms with Gasteiger partial charge in [-0.1, -0.05) is 6.07 Å². The molecule has 7 heteroatoms. The van der Waals surface area contributed by atoms with Crippen molar-refractivity contribution in [1.82, 2.24) is 0 Å². The lowest BCUT2D eigenvalue weighted by Gasteiger charge is -2.13. The van der Waals surface area contributed by atoms with Crippen LogP contribution in [0.5, 0.6) is 11.5 Å². The number of nitrogens with two attached hydrogens (primary N) is 1. The molecule has 0 fully saturated rings. The summed E-state index contributed by atoms with van der Waals surface area (Å²) in [7, 11) is 3.00. The van der Waals surface area contributed by atoms with Crippen molar-refractivity contribution in [3.05, 3.63) is 48.0 Å². The Morgan fingerprint density at radius 2 is 1.43 bits per heavy atom. The van der Waals surface area contributed by atoms with Gasteiger partial charge in [0.15, 0.2) is 5.11 Å². The predicted molar refractivity (Wildman–Crippen MR) is 94.3 cm³/mol. The zero-order valence-electron chi connectivity index (χ0n) is 12.8. The quantitative estimate of drug-likeness (QED) is 0.730. The molecule has 0 heterocycles. The minimum Gasteiger partial charge on any atom is -0.496 e. The number of carbonyl (C=O) groups excluding carboxylic acids is 1. The minimum absolute atomic E-state index is 0.181. The number of nitrogens with one attached hydrogen (secondary N) is 2. The Balaban J connectivity index is 2.21. The number of hydrogen-bond donors (Lipinski definition) is 3. The second-order valence-electron chi connectivity index (χ2n) is 4.56. The van der Waals surface area contributed by atoms with Crippen molar-refractivity contribution in [2.75, 3.05) is 24.9 Å². The molecule has 0 unspecified atom stereocenters. The van der Waals surface area contributed by atoms with Crippen molar-refractivity contribution in [3.8, 4) is 11.5 Å². The lowest BCUT2D eigenvalue weighted by Crippen LogP contribution is -2.19. The van der Waals surface area contributed by atoms with E-state index in [1.807, 2.05) is 0 Å². The third-order valence-corrected chi connectivity index (χ3v) is 3.17. The molecule has 0 spiro atoms. The van der Waals surface area contributed by atoms with Crippen LogP contribution in [-0.2, 0) is 0 Å². The van der Waals surface area contributed by atoms with Crippen molar-refractivity contribution >= 4 is 34.6 Å². The molecule has 0 saturated heterocycles. The summed E-state index contributed by atoms with van der Waals surface area (Å²) in [6.07, 6.45) is 0. The Morgan fingerprint density at radius 3 is 1.87 bits per heavy atom. The molecule has 0 aromatic heterocycles. The largest absolute Gasteiger partial charge is 0.496 e. The van der Waals surface area contributed by atoms with E-state index < -0.39 is 0 Å². The van der Waals surface area contributed by atoms with E-state index in [0.29, 0.717) is 22.7 Å². The van der Waals surface area contributed by atoms with E-state index in [0.717, 1.165) is 5.69 Å². The van der Waals surface area contributed by atoms with Gasteiger partial charge >= 0.3 is 0 Å². The van der Waals surface area contributed by atoms with E-state index in [1.165, 1.54) is 14.2 Å². The van der Waals surface area contributed by atoms with Gasteiger partial charge in [-0.05, 0) is 48.6 Å². The summed E-state index contributed by atoms with van der Waals surface area (Å²) < 4.78 is 10.5. The number of amides is 1. The standard InChI is InChI=1S/C16H17N3O3S/c1-21-12-4-3-5-13(22-2)14(12)15(20)18-10-6-8-11(9-7-10)19-16(17)23/h3-9H,1-2H3,(H,18,20)(H3,17,19,23). The molecule has 0 bridgehead atoms. The van der Waals surface area contributed by atoms with Crippen molar-refractivity contribution in [3.63, 3.8) is 0 Å². The van der Waals surface area contributed by atoms with Crippen LogP contribution in [0.1, 0.15) is 10.4 Å². The number of thiocarbonyl (C=S) groups is 1. The van der Waals surface area contributed by atoms with E-state index in [2.05, 4.69) is 10.6 Å². The number of ether oxygens (including phenoxy) is 2. The molecular formula is C16H17N3O3S. The van der Waals surface area contributed by atoms with Crippen molar-refractivity contribution in [1.29, 1.82) is 0 Å². The van der Waals surface area contributed by atoms with Crippen LogP contribution in [0.2, 0.25) is 0 Å². The number of carbonyl (C=O) groups is 1. The molecule has 0 aliphatic rings. The van der Waals surface area contributed by atoms with E-state index >= 15 is 0 Å². The molecule has 4 N–H and O–H groups in total. The predicted octanol–water partition coefficient (Wildman–Crippen LogP) is 2.61. The first kappa shape index (κ1) is 16.6. The Kier molecular flexibility index (Phi) is 5.37. The number of anilines is 2. The molecule has 0 aliphatic heterocycles. The van der Waals surface area contributed by atoms with Crippen molar-refractivity contribution in [2.24, 2.45) is 5.73 Å². The third-order valence-electron chi connectivity index (χ3n) is 3.07. The fourth-order valence-corrected chi connectivity index (χ4v) is 2.17. The zero-order chi connectivity index (χ0) is 16.8. The SMILES string of the molecule is COc1cccc(OC)c1C(=O)Nc1ccc(NC(N)=S)cc1. The molecule has 0 aliphatic carbocycles. The van der Waals surface area contributed by atoms with E-state index in [-0.39, 0.29) is 11.0 Å². The summed E-state index contributed by atoms with van der Waals surface area (Å²) in [4.78, 5) is 12.5. The normalized spacial score (nSPS) is 9.83. The van der Waals surface area contributed by atoms with Crippen molar-refractivity contribution < 1.29 is 14.3 Å². The van der Waals surface area contributed by atoms with Gasteiger partial charge in [0.05, 0.1) is 14.2 Å². The summed E-state index contributed by atoms with van der Waals surface area (Å²) in [6, 6.07) is 12.1. The molecule has 6 nitrogen and oxygen atoms in total. The highest BCUT2D eigenvalue weighted by atomic mass is 32.1. The van der Waals surface area contributed by atoms with Gasteiger partial charge in [-0.25, -0.2) is 0 Å². The highest BCUT2D eigenvalue weighted by molar-refractivity contribution is 7.80. The molecule has 0 saturated carbocycles. The smallest absolute Gasteiger partial charge is 0.263 e. The molecule has 2 aromatic carbocycles. The highest BCUT2D eigenvalue weighted by Crippen LogP contribution is 2.29. The Morgan fingerprint density at radius 1 is 0.957 bits per heavy atom. The van der Waals surface area contributed by atoms with Gasteiger partial charge in [0.25, 0.3) is 5.91 Å². The maximum Gasteiger partial charge on any atom is 0.263 e. The number of hydrogen-bond acceptors (Lipinski definition) is 4. The first-order chi connectivity index (χ1) is 11.0. The van der Waals surface area contributed by atoms with Crippen LogP contribution < -0.4 is 25.8 Å². The molecule has 2 aromatic rings. The summed E-state index contributed by atoms with van der Waals surface area (Å²) in [5, 5.41) is 5.79. The van der Waals surface area contributed by atoms with Crippen LogP contribution in [0.4, 0.5) is 11.4 Å². The minimum atomic E-state index is -0.325. The Hall–Kier alpha value is -2.80. The number of rotatable bonds is 5. The fourth-order valence-electron chi connectivity index (χ4n) is 2.05. The van der Waals surface area contributed by atoms with Gasteiger partial charge in [-0.15, -0.1) is 0 Å². The Bertz CT molecular complexity index is 695.